The van der Waals surface area contributed by atoms with Crippen molar-refractivity contribution < 1.29 is 30.7 Å². The molecule has 0 aliphatic heterocycles. The number of hydrogen-bond acceptors (Lipinski definition) is 1. The maximum Gasteiger partial charge on any atom is 0.416 e. The van der Waals surface area contributed by atoms with E-state index in [0.29, 0.717) is 0 Å². The summed E-state index contributed by atoms with van der Waals surface area (Å²) in [4.78, 5) is 3.49. The van der Waals surface area contributed by atoms with Crippen LogP contribution in [0.4, 0.5) is 30.7 Å². The van der Waals surface area contributed by atoms with Crippen molar-refractivity contribution >= 4 is 0 Å². The zero-order valence-corrected chi connectivity index (χ0v) is 13.4. The van der Waals surface area contributed by atoms with Crippen molar-refractivity contribution in [3.8, 4) is 22.3 Å². The molecule has 0 aliphatic rings. The molecule has 0 radical (unpaired) electrons. The lowest BCUT2D eigenvalue weighted by Crippen LogP contribution is -2.05. The molecule has 0 saturated heterocycles. The van der Waals surface area contributed by atoms with E-state index in [-0.39, 0.29) is 22.3 Å². The summed E-state index contributed by atoms with van der Waals surface area (Å²) < 4.78 is 91.3. The SMILES string of the molecule is Fc1ncc(-c2cccc(C(F)(F)F)c2)cc1-c1cccc(C(F)(F)F)c1. The van der Waals surface area contributed by atoms with Crippen LogP contribution >= 0.6 is 0 Å². The molecule has 1 aromatic heterocycles. The fourth-order valence-electron chi connectivity index (χ4n) is 2.55. The minimum absolute atomic E-state index is 0.0800. The zero-order valence-electron chi connectivity index (χ0n) is 13.4. The van der Waals surface area contributed by atoms with Crippen LogP contribution in [-0.4, -0.2) is 4.98 Å². The quantitative estimate of drug-likeness (QED) is 0.358. The Morgan fingerprint density at radius 3 is 1.70 bits per heavy atom. The van der Waals surface area contributed by atoms with Crippen LogP contribution < -0.4 is 0 Å². The van der Waals surface area contributed by atoms with Crippen LogP contribution in [0.1, 0.15) is 11.1 Å². The van der Waals surface area contributed by atoms with Crippen molar-refractivity contribution in [1.29, 1.82) is 0 Å². The lowest BCUT2D eigenvalue weighted by atomic mass is 9.99. The fraction of sp³-hybridized carbons (Fsp3) is 0.105. The van der Waals surface area contributed by atoms with Crippen molar-refractivity contribution in [2.75, 3.05) is 0 Å². The summed E-state index contributed by atoms with van der Waals surface area (Å²) in [5.41, 5.74) is -1.92. The summed E-state index contributed by atoms with van der Waals surface area (Å²) >= 11 is 0. The van der Waals surface area contributed by atoms with Gasteiger partial charge in [0.1, 0.15) is 0 Å². The number of aromatic nitrogens is 1. The second-order valence-electron chi connectivity index (χ2n) is 5.72. The Bertz CT molecular complexity index is 974. The number of benzene rings is 2. The lowest BCUT2D eigenvalue weighted by molar-refractivity contribution is -0.138. The fourth-order valence-corrected chi connectivity index (χ4v) is 2.55. The van der Waals surface area contributed by atoms with Gasteiger partial charge in [0.15, 0.2) is 0 Å². The average molecular weight is 385 g/mol. The number of halogens is 7. The van der Waals surface area contributed by atoms with Gasteiger partial charge in [-0.05, 0) is 41.5 Å². The van der Waals surface area contributed by atoms with Crippen LogP contribution in [0, 0.1) is 5.95 Å². The van der Waals surface area contributed by atoms with Gasteiger partial charge in [-0.15, -0.1) is 0 Å². The Morgan fingerprint density at radius 2 is 1.15 bits per heavy atom. The molecule has 0 atom stereocenters. The first-order valence-electron chi connectivity index (χ1n) is 7.56. The van der Waals surface area contributed by atoms with E-state index in [9.17, 15) is 30.7 Å². The molecule has 2 aromatic carbocycles. The number of rotatable bonds is 2. The summed E-state index contributed by atoms with van der Waals surface area (Å²) in [6.07, 6.45) is -8.15. The summed E-state index contributed by atoms with van der Waals surface area (Å²) in [5, 5.41) is 0. The number of hydrogen-bond donors (Lipinski definition) is 0. The van der Waals surface area contributed by atoms with E-state index in [1.165, 1.54) is 24.3 Å². The van der Waals surface area contributed by atoms with Gasteiger partial charge in [-0.2, -0.15) is 30.7 Å². The van der Waals surface area contributed by atoms with Crippen LogP contribution in [0.3, 0.4) is 0 Å². The van der Waals surface area contributed by atoms with E-state index in [1.54, 1.807) is 0 Å². The molecule has 0 amide bonds. The molecule has 0 spiro atoms. The first kappa shape index (κ1) is 18.9. The highest BCUT2D eigenvalue weighted by Crippen LogP contribution is 2.35. The number of alkyl halides is 6. The van der Waals surface area contributed by atoms with Gasteiger partial charge < -0.3 is 0 Å². The van der Waals surface area contributed by atoms with Crippen molar-refractivity contribution in [1.82, 2.24) is 4.98 Å². The lowest BCUT2D eigenvalue weighted by Gasteiger charge is -2.11. The Hall–Kier alpha value is -2.90. The first-order chi connectivity index (χ1) is 12.6. The molecule has 0 fully saturated rings. The van der Waals surface area contributed by atoms with E-state index in [0.717, 1.165) is 36.5 Å². The summed E-state index contributed by atoms with van der Waals surface area (Å²) in [6.45, 7) is 0. The minimum Gasteiger partial charge on any atom is -0.227 e. The summed E-state index contributed by atoms with van der Waals surface area (Å²) in [7, 11) is 0. The van der Waals surface area contributed by atoms with Gasteiger partial charge in [0.05, 0.1) is 11.1 Å². The highest BCUT2D eigenvalue weighted by atomic mass is 19.4. The van der Waals surface area contributed by atoms with E-state index in [4.69, 9.17) is 0 Å². The van der Waals surface area contributed by atoms with Crippen LogP contribution in [-0.2, 0) is 12.4 Å². The molecule has 140 valence electrons. The number of nitrogens with zero attached hydrogens (tertiary/aromatic N) is 1. The Kier molecular flexibility index (Phi) is 4.67. The molecule has 0 N–H and O–H groups in total. The minimum atomic E-state index is -4.61. The predicted molar refractivity (Wildman–Crippen MR) is 85.1 cm³/mol. The van der Waals surface area contributed by atoms with Gasteiger partial charge in [0.25, 0.3) is 0 Å². The maximum absolute atomic E-state index is 14.1. The van der Waals surface area contributed by atoms with Crippen molar-refractivity contribution in [3.05, 3.63) is 77.9 Å². The molecule has 0 aliphatic carbocycles. The predicted octanol–water partition coefficient (Wildman–Crippen LogP) is 6.59. The molecule has 0 unspecified atom stereocenters. The first-order valence-corrected chi connectivity index (χ1v) is 7.56. The molecule has 1 heterocycles. The average Bonchev–Trinajstić information content (AvgIpc) is 2.61. The third kappa shape index (κ3) is 4.10. The third-order valence-electron chi connectivity index (χ3n) is 3.86. The van der Waals surface area contributed by atoms with Gasteiger partial charge >= 0.3 is 12.4 Å². The standard InChI is InChI=1S/C19H10F7N/c20-17-16(12-4-2-6-15(8-12)19(24,25)26)9-13(10-27-17)11-3-1-5-14(7-11)18(21,22)23/h1-10H. The van der Waals surface area contributed by atoms with Gasteiger partial charge in [-0.1, -0.05) is 24.3 Å². The summed E-state index contributed by atoms with van der Waals surface area (Å²) in [6, 6.07) is 9.47. The van der Waals surface area contributed by atoms with Gasteiger partial charge in [-0.25, -0.2) is 4.98 Å². The molecule has 0 saturated carbocycles. The van der Waals surface area contributed by atoms with Gasteiger partial charge in [-0.3, -0.25) is 0 Å². The van der Waals surface area contributed by atoms with Crippen LogP contribution in [0.15, 0.2) is 60.8 Å². The van der Waals surface area contributed by atoms with E-state index >= 15 is 0 Å². The highest BCUT2D eigenvalue weighted by Gasteiger charge is 2.31. The molecular weight excluding hydrogens is 375 g/mol. The Morgan fingerprint density at radius 1 is 0.630 bits per heavy atom. The maximum atomic E-state index is 14.1. The smallest absolute Gasteiger partial charge is 0.227 e. The van der Waals surface area contributed by atoms with E-state index in [1.807, 2.05) is 0 Å². The van der Waals surface area contributed by atoms with Crippen LogP contribution in [0.2, 0.25) is 0 Å². The largest absolute Gasteiger partial charge is 0.416 e. The molecule has 0 bridgehead atoms. The normalized spacial score (nSPS) is 12.3. The van der Waals surface area contributed by atoms with Gasteiger partial charge in [0, 0.05) is 17.3 Å². The Balaban J connectivity index is 2.09. The van der Waals surface area contributed by atoms with Crippen molar-refractivity contribution in [2.24, 2.45) is 0 Å². The molecule has 8 heteroatoms. The Labute approximate surface area is 149 Å². The molecular formula is C19H10F7N. The van der Waals surface area contributed by atoms with Crippen LogP contribution in [0.25, 0.3) is 22.3 Å². The second-order valence-corrected chi connectivity index (χ2v) is 5.72. The van der Waals surface area contributed by atoms with E-state index < -0.39 is 29.4 Å². The van der Waals surface area contributed by atoms with Crippen molar-refractivity contribution in [3.63, 3.8) is 0 Å². The topological polar surface area (TPSA) is 12.9 Å². The van der Waals surface area contributed by atoms with Crippen molar-refractivity contribution in [2.45, 2.75) is 12.4 Å². The van der Waals surface area contributed by atoms with Gasteiger partial charge in [0.2, 0.25) is 5.95 Å². The highest BCUT2D eigenvalue weighted by molar-refractivity contribution is 5.72. The molecule has 27 heavy (non-hydrogen) atoms. The molecule has 3 rings (SSSR count). The van der Waals surface area contributed by atoms with E-state index in [2.05, 4.69) is 4.98 Å². The van der Waals surface area contributed by atoms with Crippen LogP contribution in [0.5, 0.6) is 0 Å². The zero-order chi connectivity index (χ0) is 19.8. The summed E-state index contributed by atoms with van der Waals surface area (Å²) in [5.74, 6) is -1.02. The molecule has 3 aromatic rings. The number of pyridine rings is 1. The molecule has 1 nitrogen and oxygen atoms in total. The third-order valence-corrected chi connectivity index (χ3v) is 3.86. The second kappa shape index (κ2) is 6.68. The monoisotopic (exact) mass is 385 g/mol.